The Bertz CT molecular complexity index is 813. The second kappa shape index (κ2) is 8.85. The van der Waals surface area contributed by atoms with E-state index in [9.17, 15) is 22.8 Å². The van der Waals surface area contributed by atoms with Crippen LogP contribution < -0.4 is 5.32 Å². The summed E-state index contributed by atoms with van der Waals surface area (Å²) in [5, 5.41) is 1.82. The van der Waals surface area contributed by atoms with Gasteiger partial charge in [0.1, 0.15) is 6.42 Å². The summed E-state index contributed by atoms with van der Waals surface area (Å²) in [4.78, 5) is 29.4. The number of pyridine rings is 1. The highest BCUT2D eigenvalue weighted by Gasteiger charge is 2.33. The van der Waals surface area contributed by atoms with Gasteiger partial charge < -0.3 is 10.2 Å². The molecule has 0 saturated heterocycles. The number of nitrogens with zero attached hydrogens (tertiary/aromatic N) is 2. The molecule has 144 valence electrons. The number of amides is 2. The number of likely N-dealkylation sites (N-methyl/N-ethyl adjacent to an activating group) is 1. The van der Waals surface area contributed by atoms with Gasteiger partial charge in [-0.1, -0.05) is 11.6 Å². The topological polar surface area (TPSA) is 62.3 Å². The SMILES string of the molecule is CN(CCc1ccncc1)C(=O)CC(=O)Nc1ccc(Cl)c(C(F)(F)F)c1. The molecule has 2 aromatic rings. The molecule has 1 aromatic heterocycles. The van der Waals surface area contributed by atoms with E-state index in [2.05, 4.69) is 10.3 Å². The van der Waals surface area contributed by atoms with Crippen molar-refractivity contribution < 1.29 is 22.8 Å². The monoisotopic (exact) mass is 399 g/mol. The van der Waals surface area contributed by atoms with Crippen LogP contribution in [-0.2, 0) is 22.2 Å². The third-order valence-corrected chi connectivity index (χ3v) is 4.11. The summed E-state index contributed by atoms with van der Waals surface area (Å²) in [6.45, 7) is 0.398. The Labute approximate surface area is 159 Å². The average molecular weight is 400 g/mol. The first-order chi connectivity index (χ1) is 12.7. The molecule has 27 heavy (non-hydrogen) atoms. The third kappa shape index (κ3) is 6.25. The Morgan fingerprint density at radius 2 is 1.85 bits per heavy atom. The van der Waals surface area contributed by atoms with E-state index in [1.807, 2.05) is 12.1 Å². The van der Waals surface area contributed by atoms with Crippen LogP contribution in [0.25, 0.3) is 0 Å². The van der Waals surface area contributed by atoms with Crippen LogP contribution in [0.5, 0.6) is 0 Å². The number of halogens is 4. The smallest absolute Gasteiger partial charge is 0.345 e. The molecular weight excluding hydrogens is 383 g/mol. The molecule has 1 heterocycles. The Balaban J connectivity index is 1.90. The van der Waals surface area contributed by atoms with Crippen molar-refractivity contribution in [3.05, 3.63) is 58.9 Å². The van der Waals surface area contributed by atoms with Gasteiger partial charge in [0.2, 0.25) is 11.8 Å². The van der Waals surface area contributed by atoms with Crippen molar-refractivity contribution in [2.75, 3.05) is 18.9 Å². The summed E-state index contributed by atoms with van der Waals surface area (Å²) in [6, 6.07) is 6.67. The Morgan fingerprint density at radius 3 is 2.48 bits per heavy atom. The van der Waals surface area contributed by atoms with Crippen LogP contribution in [-0.4, -0.2) is 35.3 Å². The minimum absolute atomic E-state index is 0.0797. The molecule has 0 aliphatic rings. The molecule has 0 bridgehead atoms. The van der Waals surface area contributed by atoms with E-state index in [4.69, 9.17) is 11.6 Å². The lowest BCUT2D eigenvalue weighted by atomic mass is 10.2. The molecule has 0 atom stereocenters. The van der Waals surface area contributed by atoms with Crippen LogP contribution >= 0.6 is 11.6 Å². The second-order valence-corrected chi connectivity index (χ2v) is 6.25. The number of hydrogen-bond acceptors (Lipinski definition) is 3. The standard InChI is InChI=1S/C18H17ClF3N3O2/c1-25(9-6-12-4-7-23-8-5-12)17(27)11-16(26)24-13-2-3-15(19)14(10-13)18(20,21)22/h2-5,7-8,10H,6,9,11H2,1H3,(H,24,26). The number of anilines is 1. The summed E-state index contributed by atoms with van der Waals surface area (Å²) in [5.74, 6) is -1.14. The van der Waals surface area contributed by atoms with Gasteiger partial charge in [-0.05, 0) is 42.3 Å². The zero-order chi connectivity index (χ0) is 20.0. The first-order valence-electron chi connectivity index (χ1n) is 7.96. The van der Waals surface area contributed by atoms with Crippen molar-refractivity contribution in [3.63, 3.8) is 0 Å². The number of aromatic nitrogens is 1. The molecule has 2 rings (SSSR count). The predicted octanol–water partition coefficient (Wildman–Crippen LogP) is 3.78. The molecule has 0 saturated carbocycles. The van der Waals surface area contributed by atoms with E-state index in [0.717, 1.165) is 17.7 Å². The number of rotatable bonds is 6. The summed E-state index contributed by atoms with van der Waals surface area (Å²) in [6.07, 6.45) is -1.23. The number of hydrogen-bond donors (Lipinski definition) is 1. The van der Waals surface area contributed by atoms with Crippen LogP contribution in [0.15, 0.2) is 42.7 Å². The van der Waals surface area contributed by atoms with Crippen LogP contribution in [0.1, 0.15) is 17.5 Å². The lowest BCUT2D eigenvalue weighted by Crippen LogP contribution is -2.32. The molecule has 1 N–H and O–H groups in total. The molecule has 0 spiro atoms. The summed E-state index contributed by atoms with van der Waals surface area (Å²) < 4.78 is 38.5. The van der Waals surface area contributed by atoms with Gasteiger partial charge in [-0.3, -0.25) is 14.6 Å². The van der Waals surface area contributed by atoms with Gasteiger partial charge in [-0.25, -0.2) is 0 Å². The number of carbonyl (C=O) groups is 2. The number of benzene rings is 1. The van der Waals surface area contributed by atoms with Crippen LogP contribution in [0.3, 0.4) is 0 Å². The Hall–Kier alpha value is -2.61. The summed E-state index contributed by atoms with van der Waals surface area (Å²) in [7, 11) is 1.56. The first kappa shape index (κ1) is 20.7. The van der Waals surface area contributed by atoms with Gasteiger partial charge in [0, 0.05) is 31.7 Å². The molecule has 0 unspecified atom stereocenters. The lowest BCUT2D eigenvalue weighted by Gasteiger charge is -2.17. The molecule has 2 amide bonds. The van der Waals surface area contributed by atoms with E-state index < -0.39 is 35.0 Å². The molecular formula is C18H17ClF3N3O2. The van der Waals surface area contributed by atoms with E-state index in [-0.39, 0.29) is 5.69 Å². The van der Waals surface area contributed by atoms with Gasteiger partial charge in [-0.2, -0.15) is 13.2 Å². The summed E-state index contributed by atoms with van der Waals surface area (Å²) >= 11 is 5.53. The van der Waals surface area contributed by atoms with Crippen molar-refractivity contribution in [2.24, 2.45) is 0 Å². The molecule has 5 nitrogen and oxygen atoms in total. The van der Waals surface area contributed by atoms with Crippen molar-refractivity contribution in [2.45, 2.75) is 19.0 Å². The highest BCUT2D eigenvalue weighted by molar-refractivity contribution is 6.31. The van der Waals surface area contributed by atoms with Crippen molar-refractivity contribution in [1.82, 2.24) is 9.88 Å². The minimum atomic E-state index is -4.64. The van der Waals surface area contributed by atoms with Crippen LogP contribution in [0, 0.1) is 0 Å². The van der Waals surface area contributed by atoms with Gasteiger partial charge in [0.15, 0.2) is 0 Å². The van der Waals surface area contributed by atoms with Crippen LogP contribution in [0.2, 0.25) is 5.02 Å². The Kier molecular flexibility index (Phi) is 6.79. The van der Waals surface area contributed by atoms with Gasteiger partial charge >= 0.3 is 6.18 Å². The quantitative estimate of drug-likeness (QED) is 0.752. The predicted molar refractivity (Wildman–Crippen MR) is 95.3 cm³/mol. The summed E-state index contributed by atoms with van der Waals surface area (Å²) in [5.41, 5.74) is -0.137. The first-order valence-corrected chi connectivity index (χ1v) is 8.34. The van der Waals surface area contributed by atoms with Crippen molar-refractivity contribution in [3.8, 4) is 0 Å². The minimum Gasteiger partial charge on any atom is -0.345 e. The fourth-order valence-electron chi connectivity index (χ4n) is 2.27. The molecule has 0 fully saturated rings. The average Bonchev–Trinajstić information content (AvgIpc) is 2.61. The number of alkyl halides is 3. The molecule has 1 aromatic carbocycles. The number of nitrogens with one attached hydrogen (secondary N) is 1. The zero-order valence-corrected chi connectivity index (χ0v) is 15.1. The van der Waals surface area contributed by atoms with E-state index in [0.29, 0.717) is 13.0 Å². The maximum atomic E-state index is 12.8. The zero-order valence-electron chi connectivity index (χ0n) is 14.4. The van der Waals surface area contributed by atoms with Gasteiger partial charge in [-0.15, -0.1) is 0 Å². The molecule has 0 aliphatic heterocycles. The van der Waals surface area contributed by atoms with Crippen molar-refractivity contribution >= 4 is 29.1 Å². The van der Waals surface area contributed by atoms with Gasteiger partial charge in [0.05, 0.1) is 10.6 Å². The fourth-order valence-corrected chi connectivity index (χ4v) is 2.49. The van der Waals surface area contributed by atoms with Crippen LogP contribution in [0.4, 0.5) is 18.9 Å². The molecule has 0 radical (unpaired) electrons. The Morgan fingerprint density at radius 1 is 1.19 bits per heavy atom. The van der Waals surface area contributed by atoms with Gasteiger partial charge in [0.25, 0.3) is 0 Å². The molecule has 0 aliphatic carbocycles. The normalized spacial score (nSPS) is 11.1. The largest absolute Gasteiger partial charge is 0.417 e. The second-order valence-electron chi connectivity index (χ2n) is 5.84. The maximum Gasteiger partial charge on any atom is 0.417 e. The van der Waals surface area contributed by atoms with E-state index >= 15 is 0 Å². The van der Waals surface area contributed by atoms with Crippen molar-refractivity contribution in [1.29, 1.82) is 0 Å². The highest BCUT2D eigenvalue weighted by atomic mass is 35.5. The van der Waals surface area contributed by atoms with E-state index in [1.54, 1.807) is 19.4 Å². The molecule has 9 heteroatoms. The van der Waals surface area contributed by atoms with E-state index in [1.165, 1.54) is 11.0 Å². The highest BCUT2D eigenvalue weighted by Crippen LogP contribution is 2.36. The fraction of sp³-hybridized carbons (Fsp3) is 0.278. The number of carbonyl (C=O) groups excluding carboxylic acids is 2. The lowest BCUT2D eigenvalue weighted by molar-refractivity contribution is -0.137. The third-order valence-electron chi connectivity index (χ3n) is 3.78. The maximum absolute atomic E-state index is 12.8.